The maximum atomic E-state index is 13.4. The van der Waals surface area contributed by atoms with Crippen molar-refractivity contribution in [1.29, 1.82) is 0 Å². The molecule has 3 aromatic carbocycles. The fourth-order valence-electron chi connectivity index (χ4n) is 3.12. The van der Waals surface area contributed by atoms with Gasteiger partial charge in [0.15, 0.2) is 0 Å². The second-order valence-corrected chi connectivity index (χ2v) is 6.56. The number of hydrogen-bond acceptors (Lipinski definition) is 4. The zero-order chi connectivity index (χ0) is 21.1. The van der Waals surface area contributed by atoms with E-state index in [1.165, 1.54) is 24.1 Å². The number of amidine groups is 1. The quantitative estimate of drug-likeness (QED) is 0.480. The Hall–Kier alpha value is -4.06. The molecule has 1 aliphatic heterocycles. The Morgan fingerprint density at radius 3 is 2.27 bits per heavy atom. The number of methoxy groups -OCH3 is 1. The Bertz CT molecular complexity index is 1150. The molecule has 0 unspecified atom stereocenters. The Labute approximate surface area is 172 Å². The van der Waals surface area contributed by atoms with E-state index in [1.54, 1.807) is 42.5 Å². The van der Waals surface area contributed by atoms with E-state index >= 15 is 0 Å². The van der Waals surface area contributed by atoms with Gasteiger partial charge < -0.3 is 4.74 Å². The highest BCUT2D eigenvalue weighted by molar-refractivity contribution is 6.33. The van der Waals surface area contributed by atoms with Crippen LogP contribution in [0, 0.1) is 5.82 Å². The third-order valence-corrected chi connectivity index (χ3v) is 4.61. The molecule has 4 rings (SSSR count). The van der Waals surface area contributed by atoms with Gasteiger partial charge in [-0.3, -0.25) is 9.69 Å². The van der Waals surface area contributed by atoms with Crippen LogP contribution in [-0.2, 0) is 9.53 Å². The van der Waals surface area contributed by atoms with Crippen molar-refractivity contribution in [2.24, 2.45) is 4.99 Å². The minimum absolute atomic E-state index is 0.240. The van der Waals surface area contributed by atoms with Gasteiger partial charge in [0.25, 0.3) is 5.91 Å². The predicted molar refractivity (Wildman–Crippen MR) is 113 cm³/mol. The van der Waals surface area contributed by atoms with E-state index in [-0.39, 0.29) is 17.4 Å². The van der Waals surface area contributed by atoms with Crippen molar-refractivity contribution < 1.29 is 18.7 Å². The van der Waals surface area contributed by atoms with Gasteiger partial charge >= 0.3 is 5.97 Å². The zero-order valence-corrected chi connectivity index (χ0v) is 16.1. The molecule has 1 aliphatic rings. The number of halogens is 1. The van der Waals surface area contributed by atoms with Crippen molar-refractivity contribution in [3.63, 3.8) is 0 Å². The van der Waals surface area contributed by atoms with Gasteiger partial charge in [-0.15, -0.1) is 0 Å². The number of benzene rings is 3. The lowest BCUT2D eigenvalue weighted by Crippen LogP contribution is -2.32. The number of carbonyl (C=O) groups is 2. The molecule has 0 saturated heterocycles. The van der Waals surface area contributed by atoms with Crippen LogP contribution in [0.2, 0.25) is 0 Å². The monoisotopic (exact) mass is 400 g/mol. The minimum Gasteiger partial charge on any atom is -0.465 e. The molecular formula is C24H17FN2O3. The van der Waals surface area contributed by atoms with Crippen LogP contribution in [0.1, 0.15) is 21.5 Å². The van der Waals surface area contributed by atoms with Crippen molar-refractivity contribution in [3.8, 4) is 0 Å². The van der Waals surface area contributed by atoms with E-state index in [9.17, 15) is 14.0 Å². The Morgan fingerprint density at radius 2 is 1.63 bits per heavy atom. The summed E-state index contributed by atoms with van der Waals surface area (Å²) in [5.41, 5.74) is 2.65. The molecule has 5 nitrogen and oxygen atoms in total. The summed E-state index contributed by atoms with van der Waals surface area (Å²) in [4.78, 5) is 30.8. The highest BCUT2D eigenvalue weighted by Crippen LogP contribution is 2.28. The smallest absolute Gasteiger partial charge is 0.337 e. The van der Waals surface area contributed by atoms with Crippen LogP contribution in [0.3, 0.4) is 0 Å². The molecule has 30 heavy (non-hydrogen) atoms. The Balaban J connectivity index is 1.75. The van der Waals surface area contributed by atoms with Crippen LogP contribution in [0.15, 0.2) is 89.6 Å². The lowest BCUT2D eigenvalue weighted by Gasteiger charge is -2.18. The zero-order valence-electron chi connectivity index (χ0n) is 16.1. The predicted octanol–water partition coefficient (Wildman–Crippen LogP) is 4.45. The van der Waals surface area contributed by atoms with E-state index in [0.29, 0.717) is 28.2 Å². The summed E-state index contributed by atoms with van der Waals surface area (Å²) in [6.07, 6.45) is 1.65. The van der Waals surface area contributed by atoms with Crippen LogP contribution in [0.25, 0.3) is 6.08 Å². The first kappa shape index (κ1) is 19.3. The summed E-state index contributed by atoms with van der Waals surface area (Å²) >= 11 is 0. The van der Waals surface area contributed by atoms with Crippen molar-refractivity contribution in [2.75, 3.05) is 12.0 Å². The first-order valence-electron chi connectivity index (χ1n) is 9.21. The average molecular weight is 400 g/mol. The fourth-order valence-corrected chi connectivity index (χ4v) is 3.12. The number of hydrogen-bond donors (Lipinski definition) is 0. The molecule has 0 fully saturated rings. The van der Waals surface area contributed by atoms with Gasteiger partial charge in [0.1, 0.15) is 17.3 Å². The topological polar surface area (TPSA) is 59.0 Å². The maximum Gasteiger partial charge on any atom is 0.337 e. The van der Waals surface area contributed by atoms with Crippen molar-refractivity contribution >= 4 is 29.5 Å². The lowest BCUT2D eigenvalue weighted by molar-refractivity contribution is -0.113. The third-order valence-electron chi connectivity index (χ3n) is 4.61. The van der Waals surface area contributed by atoms with Crippen molar-refractivity contribution in [2.45, 2.75) is 0 Å². The van der Waals surface area contributed by atoms with E-state index in [2.05, 4.69) is 4.99 Å². The van der Waals surface area contributed by atoms with Crippen LogP contribution >= 0.6 is 0 Å². The maximum absolute atomic E-state index is 13.4. The number of aliphatic imine (C=N–C) groups is 1. The average Bonchev–Trinajstić information content (AvgIpc) is 3.10. The van der Waals surface area contributed by atoms with E-state index in [4.69, 9.17) is 4.74 Å². The number of anilines is 1. The number of nitrogens with zero attached hydrogens (tertiary/aromatic N) is 2. The molecule has 3 aromatic rings. The van der Waals surface area contributed by atoms with Crippen LogP contribution in [0.5, 0.6) is 0 Å². The largest absolute Gasteiger partial charge is 0.465 e. The molecule has 0 N–H and O–H groups in total. The van der Waals surface area contributed by atoms with Gasteiger partial charge in [0.05, 0.1) is 18.4 Å². The summed E-state index contributed by atoms with van der Waals surface area (Å²) in [5.74, 6) is -0.671. The first-order valence-corrected chi connectivity index (χ1v) is 9.21. The summed E-state index contributed by atoms with van der Waals surface area (Å²) in [6, 6.07) is 21.7. The summed E-state index contributed by atoms with van der Waals surface area (Å²) in [6.45, 7) is 0. The number of carbonyl (C=O) groups excluding carboxylic acids is 2. The normalized spacial score (nSPS) is 14.7. The number of esters is 1. The highest BCUT2D eigenvalue weighted by atomic mass is 19.1. The van der Waals surface area contributed by atoms with Gasteiger partial charge in [-0.2, -0.15) is 0 Å². The Kier molecular flexibility index (Phi) is 5.22. The molecule has 0 radical (unpaired) electrons. The van der Waals surface area contributed by atoms with E-state index in [1.807, 2.05) is 30.3 Å². The summed E-state index contributed by atoms with van der Waals surface area (Å²) in [7, 11) is 1.32. The number of amides is 1. The number of ether oxygens (including phenoxy) is 1. The molecule has 0 aromatic heterocycles. The van der Waals surface area contributed by atoms with Gasteiger partial charge in [0.2, 0.25) is 0 Å². The number of para-hydroxylation sites is 1. The van der Waals surface area contributed by atoms with Gasteiger partial charge in [-0.05, 0) is 60.2 Å². The van der Waals surface area contributed by atoms with Gasteiger partial charge in [-0.25, -0.2) is 14.2 Å². The van der Waals surface area contributed by atoms with Crippen molar-refractivity contribution in [1.82, 2.24) is 0 Å². The first-order chi connectivity index (χ1) is 14.6. The van der Waals surface area contributed by atoms with Crippen LogP contribution in [0.4, 0.5) is 10.1 Å². The molecule has 0 spiro atoms. The molecule has 0 bridgehead atoms. The second-order valence-electron chi connectivity index (χ2n) is 6.56. The molecule has 0 aliphatic carbocycles. The van der Waals surface area contributed by atoms with Crippen LogP contribution in [-0.4, -0.2) is 24.8 Å². The van der Waals surface area contributed by atoms with Gasteiger partial charge in [-0.1, -0.05) is 30.3 Å². The molecule has 148 valence electrons. The molecule has 0 saturated carbocycles. The fraction of sp³-hybridized carbons (Fsp3) is 0.0417. The lowest BCUT2D eigenvalue weighted by atomic mass is 10.1. The molecule has 1 heterocycles. The third kappa shape index (κ3) is 3.75. The number of rotatable bonds is 4. The Morgan fingerprint density at radius 1 is 0.967 bits per heavy atom. The second kappa shape index (κ2) is 8.13. The molecule has 6 heteroatoms. The minimum atomic E-state index is -0.432. The summed E-state index contributed by atoms with van der Waals surface area (Å²) in [5, 5.41) is 0. The highest BCUT2D eigenvalue weighted by Gasteiger charge is 2.32. The van der Waals surface area contributed by atoms with E-state index in [0.717, 1.165) is 0 Å². The van der Waals surface area contributed by atoms with Crippen molar-refractivity contribution in [3.05, 3.63) is 107 Å². The van der Waals surface area contributed by atoms with E-state index < -0.39 is 5.97 Å². The SMILES string of the molecule is COC(=O)c1ccc(/C=C2/N=C(c3ccc(F)cc3)N(c3ccccc3)C2=O)cc1. The molecular weight excluding hydrogens is 383 g/mol. The molecule has 0 atom stereocenters. The standard InChI is InChI=1S/C24H17FN2O3/c1-30-24(29)18-9-7-16(8-10-18)15-21-23(28)27(20-5-3-2-4-6-20)22(26-21)17-11-13-19(25)14-12-17/h2-15H,1H3/b21-15+. The van der Waals surface area contributed by atoms with Gasteiger partial charge in [0, 0.05) is 5.56 Å². The van der Waals surface area contributed by atoms with Crippen LogP contribution < -0.4 is 4.90 Å². The molecule has 1 amide bonds. The summed E-state index contributed by atoms with van der Waals surface area (Å²) < 4.78 is 18.1.